The van der Waals surface area contributed by atoms with Gasteiger partial charge in [-0.1, -0.05) is 44.2 Å². The van der Waals surface area contributed by atoms with Crippen LogP contribution in [0, 0.1) is 5.41 Å². The zero-order valence-corrected chi connectivity index (χ0v) is 16.8. The van der Waals surface area contributed by atoms with Crippen molar-refractivity contribution in [3.63, 3.8) is 0 Å². The molecule has 0 aliphatic heterocycles. The van der Waals surface area contributed by atoms with Gasteiger partial charge in [-0.25, -0.2) is 0 Å². The lowest BCUT2D eigenvalue weighted by Crippen LogP contribution is -2.32. The largest absolute Gasteiger partial charge is 0.397 e. The Morgan fingerprint density at radius 2 is 1.60 bits per heavy atom. The van der Waals surface area contributed by atoms with E-state index >= 15 is 0 Å². The summed E-state index contributed by atoms with van der Waals surface area (Å²) in [5.41, 5.74) is 3.37. The lowest BCUT2D eigenvalue weighted by atomic mass is 9.74. The first kappa shape index (κ1) is 21.6. The Balaban J connectivity index is 3.61. The Morgan fingerprint density at radius 3 is 2.00 bits per heavy atom. The van der Waals surface area contributed by atoms with Crippen molar-refractivity contribution in [2.45, 2.75) is 47.5 Å². The van der Waals surface area contributed by atoms with Gasteiger partial charge in [-0.3, -0.25) is 9.36 Å². The van der Waals surface area contributed by atoms with Crippen LogP contribution in [0.2, 0.25) is 0 Å². The molecule has 25 heavy (non-hydrogen) atoms. The minimum Gasteiger partial charge on any atom is -0.303 e. The third-order valence-electron chi connectivity index (χ3n) is 4.29. The molecule has 0 bridgehead atoms. The van der Waals surface area contributed by atoms with Crippen LogP contribution in [0.4, 0.5) is 0 Å². The van der Waals surface area contributed by atoms with Crippen LogP contribution in [0.1, 0.15) is 53.0 Å². The lowest BCUT2D eigenvalue weighted by Gasteiger charge is -2.34. The van der Waals surface area contributed by atoms with Crippen LogP contribution in [0.5, 0.6) is 0 Å². The first-order chi connectivity index (χ1) is 12.0. The molecule has 0 heterocycles. The van der Waals surface area contributed by atoms with Gasteiger partial charge in [0.2, 0.25) is 0 Å². The molecule has 0 saturated carbocycles. The average Bonchev–Trinajstić information content (AvgIpc) is 2.63. The minimum atomic E-state index is -3.88. The van der Waals surface area contributed by atoms with Crippen LogP contribution in [-0.2, 0) is 18.4 Å². The number of carbonyl (C=O) groups is 1. The van der Waals surface area contributed by atoms with E-state index in [1.165, 1.54) is 0 Å². The Kier molecular flexibility index (Phi) is 8.55. The molecule has 0 atom stereocenters. The number of hydrogen-bond acceptors (Lipinski definition) is 4. The van der Waals surface area contributed by atoms with Crippen LogP contribution in [0.25, 0.3) is 5.57 Å². The lowest BCUT2D eigenvalue weighted by molar-refractivity contribution is -0.120. The van der Waals surface area contributed by atoms with Crippen molar-refractivity contribution in [1.82, 2.24) is 0 Å². The molecular weight excluding hydrogens is 335 g/mol. The summed E-state index contributed by atoms with van der Waals surface area (Å²) < 4.78 is 23.8. The van der Waals surface area contributed by atoms with Gasteiger partial charge in [-0.05, 0) is 45.3 Å². The molecule has 0 amide bonds. The number of benzene rings is 1. The highest BCUT2D eigenvalue weighted by Crippen LogP contribution is 2.59. The highest BCUT2D eigenvalue weighted by atomic mass is 31.2. The van der Waals surface area contributed by atoms with E-state index in [1.54, 1.807) is 19.9 Å². The van der Waals surface area contributed by atoms with Gasteiger partial charge in [0.15, 0.2) is 0 Å². The molecule has 1 aromatic carbocycles. The number of hydrogen-bond donors (Lipinski definition) is 0. The molecule has 1 rings (SSSR count). The Bertz CT molecular complexity index is 658. The summed E-state index contributed by atoms with van der Waals surface area (Å²) in [4.78, 5) is 13.4. The van der Waals surface area contributed by atoms with Crippen LogP contribution >= 0.6 is 7.60 Å². The molecule has 1 aromatic rings. The van der Waals surface area contributed by atoms with Crippen LogP contribution < -0.4 is 0 Å². The van der Waals surface area contributed by atoms with E-state index in [1.807, 2.05) is 51.1 Å². The second kappa shape index (κ2) is 9.89. The first-order valence-corrected chi connectivity index (χ1v) is 10.4. The average molecular weight is 364 g/mol. The van der Waals surface area contributed by atoms with Gasteiger partial charge in [0.05, 0.1) is 18.6 Å². The van der Waals surface area contributed by atoms with Gasteiger partial charge in [0, 0.05) is 5.57 Å². The van der Waals surface area contributed by atoms with Crippen molar-refractivity contribution in [2.24, 2.45) is 5.41 Å². The molecule has 0 spiro atoms. The third-order valence-corrected chi connectivity index (χ3v) is 6.41. The van der Waals surface area contributed by atoms with Crippen molar-refractivity contribution in [2.75, 3.05) is 13.2 Å². The Hall–Kier alpha value is -1.44. The fraction of sp³-hybridized carbons (Fsp3) is 0.500. The summed E-state index contributed by atoms with van der Waals surface area (Å²) in [5.74, 6) is 0. The number of rotatable bonds is 10. The molecule has 138 valence electrons. The zero-order valence-electron chi connectivity index (χ0n) is 15.9. The van der Waals surface area contributed by atoms with Gasteiger partial charge in [-0.15, -0.1) is 5.73 Å². The summed E-state index contributed by atoms with van der Waals surface area (Å²) in [6.45, 7) is 9.42. The number of allylic oxidation sites excluding steroid dienone is 1. The normalized spacial score (nSPS) is 11.7. The minimum absolute atomic E-state index is 0.153. The second-order valence-electron chi connectivity index (χ2n) is 5.60. The quantitative estimate of drug-likeness (QED) is 0.386. The van der Waals surface area contributed by atoms with Gasteiger partial charge in [0.25, 0.3) is 5.52 Å². The molecule has 5 heteroatoms. The predicted octanol–water partition coefficient (Wildman–Crippen LogP) is 5.84. The fourth-order valence-electron chi connectivity index (χ4n) is 3.02. The van der Waals surface area contributed by atoms with Crippen molar-refractivity contribution < 1.29 is 18.4 Å². The van der Waals surface area contributed by atoms with Crippen molar-refractivity contribution in [3.8, 4) is 0 Å². The van der Waals surface area contributed by atoms with Gasteiger partial charge in [-0.2, -0.15) is 0 Å². The summed E-state index contributed by atoms with van der Waals surface area (Å²) in [6, 6.07) is 9.62. The third kappa shape index (κ3) is 4.59. The highest BCUT2D eigenvalue weighted by Gasteiger charge is 2.50. The zero-order chi connectivity index (χ0) is 18.9. The van der Waals surface area contributed by atoms with Crippen LogP contribution in [-0.4, -0.2) is 18.7 Å². The smallest absolute Gasteiger partial charge is 0.303 e. The van der Waals surface area contributed by atoms with E-state index in [-0.39, 0.29) is 13.2 Å². The summed E-state index contributed by atoms with van der Waals surface area (Å²) >= 11 is 0. The maximum Gasteiger partial charge on any atom is 0.397 e. The van der Waals surface area contributed by atoms with E-state index < -0.39 is 18.5 Å². The number of carbonyl (C=O) groups excluding carboxylic acids is 1. The summed E-state index contributed by atoms with van der Waals surface area (Å²) in [6.07, 6.45) is 2.75. The van der Waals surface area contributed by atoms with E-state index in [2.05, 4.69) is 5.73 Å². The molecule has 0 unspecified atom stereocenters. The summed E-state index contributed by atoms with van der Waals surface area (Å²) in [5, 5.41) is 0. The predicted molar refractivity (Wildman–Crippen MR) is 102 cm³/mol. The van der Waals surface area contributed by atoms with Crippen molar-refractivity contribution in [3.05, 3.63) is 47.7 Å². The van der Waals surface area contributed by atoms with E-state index in [0.29, 0.717) is 12.8 Å². The maximum atomic E-state index is 13.4. The fourth-order valence-corrected chi connectivity index (χ4v) is 4.96. The molecule has 0 fully saturated rings. The SMILES string of the molecule is CC=C=C(c1ccccc1)C(CC)(CC)C(=O)P(=O)(OCC)OCC. The Labute approximate surface area is 151 Å². The molecule has 0 aliphatic carbocycles. The van der Waals surface area contributed by atoms with Crippen molar-refractivity contribution >= 4 is 18.7 Å². The van der Waals surface area contributed by atoms with E-state index in [9.17, 15) is 9.36 Å². The molecule has 0 aromatic heterocycles. The van der Waals surface area contributed by atoms with Crippen LogP contribution in [0.3, 0.4) is 0 Å². The molecule has 0 saturated heterocycles. The maximum absolute atomic E-state index is 13.4. The molecule has 0 aliphatic rings. The summed E-state index contributed by atoms with van der Waals surface area (Å²) in [7, 11) is -3.88. The van der Waals surface area contributed by atoms with Crippen LogP contribution in [0.15, 0.2) is 42.1 Å². The monoisotopic (exact) mass is 364 g/mol. The molecule has 0 N–H and O–H groups in total. The molecule has 4 nitrogen and oxygen atoms in total. The second-order valence-corrected chi connectivity index (χ2v) is 7.52. The van der Waals surface area contributed by atoms with E-state index in [0.717, 1.165) is 11.1 Å². The molecular formula is C20H29O4P. The first-order valence-electron chi connectivity index (χ1n) is 8.87. The van der Waals surface area contributed by atoms with Gasteiger partial charge < -0.3 is 9.05 Å². The van der Waals surface area contributed by atoms with Crippen molar-refractivity contribution in [1.29, 1.82) is 0 Å². The van der Waals surface area contributed by atoms with Gasteiger partial charge >= 0.3 is 7.60 Å². The van der Waals surface area contributed by atoms with Gasteiger partial charge in [0.1, 0.15) is 0 Å². The Morgan fingerprint density at radius 1 is 1.08 bits per heavy atom. The topological polar surface area (TPSA) is 52.6 Å². The molecule has 0 radical (unpaired) electrons. The van der Waals surface area contributed by atoms with E-state index in [4.69, 9.17) is 9.05 Å². The highest BCUT2D eigenvalue weighted by molar-refractivity contribution is 7.72. The standard InChI is InChI=1S/C20H29O4P/c1-6-14-18(17-15-12-11-13-16-17)20(7-2,8-3)19(21)25(22,23-9-4)24-10-5/h6,11-13,15-16H,7-10H2,1-5H3.